The Morgan fingerprint density at radius 2 is 2.13 bits per heavy atom. The average molecular weight is 425 g/mol. The number of nitrogens with one attached hydrogen (secondary N) is 1. The number of nitrogens with zero attached hydrogens (tertiary/aromatic N) is 3. The van der Waals surface area contributed by atoms with Crippen LogP contribution in [0.25, 0.3) is 10.1 Å². The highest BCUT2D eigenvalue weighted by Crippen LogP contribution is 2.35. The molecule has 0 spiro atoms. The van der Waals surface area contributed by atoms with Gasteiger partial charge in [0, 0.05) is 42.7 Å². The fraction of sp³-hybridized carbons (Fsp3) is 0.435. The van der Waals surface area contributed by atoms with Crippen LogP contribution < -0.4 is 10.2 Å². The molecule has 0 aliphatic carbocycles. The smallest absolute Gasteiger partial charge is 0.261 e. The quantitative estimate of drug-likeness (QED) is 0.583. The van der Waals surface area contributed by atoms with E-state index < -0.39 is 0 Å². The highest BCUT2D eigenvalue weighted by Gasteiger charge is 2.29. The van der Waals surface area contributed by atoms with E-state index in [1.54, 1.807) is 18.4 Å². The Balaban J connectivity index is 1.65. The van der Waals surface area contributed by atoms with Crippen molar-refractivity contribution in [1.82, 2.24) is 15.3 Å². The number of ether oxygens (including phenoxy) is 1. The zero-order valence-corrected chi connectivity index (χ0v) is 18.6. The van der Waals surface area contributed by atoms with Crippen LogP contribution in [0.15, 0.2) is 30.3 Å². The zero-order valence-electron chi connectivity index (χ0n) is 17.8. The van der Waals surface area contributed by atoms with Gasteiger partial charge in [-0.3, -0.25) is 4.79 Å². The summed E-state index contributed by atoms with van der Waals surface area (Å²) in [5.74, 6) is 1.78. The SMILES string of the molecule is COCCNC(=O)c1sc2ccccc2c1C[C@H]1CCCN1c1cc(C)nc(C)n1. The van der Waals surface area contributed by atoms with E-state index in [9.17, 15) is 4.79 Å². The van der Waals surface area contributed by atoms with Crippen LogP contribution >= 0.6 is 11.3 Å². The summed E-state index contributed by atoms with van der Waals surface area (Å²) in [5.41, 5.74) is 2.13. The molecule has 3 aromatic rings. The van der Waals surface area contributed by atoms with Gasteiger partial charge in [-0.2, -0.15) is 0 Å². The van der Waals surface area contributed by atoms with Gasteiger partial charge in [-0.15, -0.1) is 11.3 Å². The first-order valence-corrected chi connectivity index (χ1v) is 11.2. The third kappa shape index (κ3) is 4.32. The lowest BCUT2D eigenvalue weighted by atomic mass is 10.00. The van der Waals surface area contributed by atoms with E-state index in [4.69, 9.17) is 4.74 Å². The molecule has 0 saturated carbocycles. The molecule has 1 amide bonds. The third-order valence-electron chi connectivity index (χ3n) is 5.56. The van der Waals surface area contributed by atoms with Gasteiger partial charge < -0.3 is 15.0 Å². The summed E-state index contributed by atoms with van der Waals surface area (Å²) < 4.78 is 6.23. The molecule has 2 aromatic heterocycles. The number of hydrogen-bond donors (Lipinski definition) is 1. The molecule has 4 rings (SSSR count). The van der Waals surface area contributed by atoms with Crippen LogP contribution in [0.5, 0.6) is 0 Å². The largest absolute Gasteiger partial charge is 0.383 e. The van der Waals surface area contributed by atoms with Crippen molar-refractivity contribution in [2.24, 2.45) is 0 Å². The molecule has 3 heterocycles. The number of aromatic nitrogens is 2. The number of methoxy groups -OCH3 is 1. The minimum Gasteiger partial charge on any atom is -0.383 e. The summed E-state index contributed by atoms with van der Waals surface area (Å²) in [7, 11) is 1.64. The molecule has 30 heavy (non-hydrogen) atoms. The predicted octanol–water partition coefficient (Wildman–Crippen LogP) is 3.90. The molecule has 1 aliphatic rings. The number of thiophene rings is 1. The Hall–Kier alpha value is -2.51. The second-order valence-electron chi connectivity index (χ2n) is 7.76. The number of anilines is 1. The molecule has 7 heteroatoms. The lowest BCUT2D eigenvalue weighted by Gasteiger charge is -2.26. The van der Waals surface area contributed by atoms with Gasteiger partial charge in [-0.05, 0) is 50.1 Å². The van der Waals surface area contributed by atoms with E-state index in [1.165, 1.54) is 5.39 Å². The van der Waals surface area contributed by atoms with E-state index in [0.717, 1.165) is 58.3 Å². The summed E-state index contributed by atoms with van der Waals surface area (Å²) in [6, 6.07) is 10.7. The zero-order chi connectivity index (χ0) is 21.1. The molecule has 1 saturated heterocycles. The van der Waals surface area contributed by atoms with Crippen molar-refractivity contribution in [2.75, 3.05) is 31.7 Å². The van der Waals surface area contributed by atoms with E-state index in [-0.39, 0.29) is 5.91 Å². The van der Waals surface area contributed by atoms with Crippen molar-refractivity contribution in [3.05, 3.63) is 52.3 Å². The lowest BCUT2D eigenvalue weighted by molar-refractivity contribution is 0.0940. The van der Waals surface area contributed by atoms with Crippen LogP contribution in [-0.4, -0.2) is 48.7 Å². The molecule has 158 valence electrons. The molecular weight excluding hydrogens is 396 g/mol. The lowest BCUT2D eigenvalue weighted by Crippen LogP contribution is -2.33. The first-order valence-electron chi connectivity index (χ1n) is 10.4. The van der Waals surface area contributed by atoms with Gasteiger partial charge in [0.1, 0.15) is 11.6 Å². The van der Waals surface area contributed by atoms with Gasteiger partial charge in [0.15, 0.2) is 0 Å². The van der Waals surface area contributed by atoms with Gasteiger partial charge in [-0.1, -0.05) is 18.2 Å². The number of hydrogen-bond acceptors (Lipinski definition) is 6. The second kappa shape index (κ2) is 9.10. The number of carbonyl (C=O) groups excluding carboxylic acids is 1. The highest BCUT2D eigenvalue weighted by atomic mass is 32.1. The van der Waals surface area contributed by atoms with Crippen LogP contribution in [0, 0.1) is 13.8 Å². The normalized spacial score (nSPS) is 16.4. The number of amides is 1. The van der Waals surface area contributed by atoms with E-state index in [1.807, 2.05) is 19.9 Å². The molecular formula is C23H28N4O2S. The van der Waals surface area contributed by atoms with Crippen molar-refractivity contribution >= 4 is 33.1 Å². The van der Waals surface area contributed by atoms with Crippen LogP contribution in [0.2, 0.25) is 0 Å². The van der Waals surface area contributed by atoms with Gasteiger partial charge >= 0.3 is 0 Å². The summed E-state index contributed by atoms with van der Waals surface area (Å²) >= 11 is 1.58. The van der Waals surface area contributed by atoms with Crippen LogP contribution in [-0.2, 0) is 11.2 Å². The van der Waals surface area contributed by atoms with E-state index >= 15 is 0 Å². The van der Waals surface area contributed by atoms with E-state index in [0.29, 0.717) is 19.2 Å². The number of carbonyl (C=O) groups is 1. The monoisotopic (exact) mass is 424 g/mol. The fourth-order valence-electron chi connectivity index (χ4n) is 4.26. The van der Waals surface area contributed by atoms with Crippen molar-refractivity contribution in [2.45, 2.75) is 39.2 Å². The average Bonchev–Trinajstić information content (AvgIpc) is 3.33. The van der Waals surface area contributed by atoms with Crippen LogP contribution in [0.3, 0.4) is 0 Å². The number of benzene rings is 1. The molecule has 1 atom stereocenters. The molecule has 0 unspecified atom stereocenters. The van der Waals surface area contributed by atoms with Gasteiger partial charge in [0.2, 0.25) is 0 Å². The highest BCUT2D eigenvalue weighted by molar-refractivity contribution is 7.21. The molecule has 1 aromatic carbocycles. The first-order chi connectivity index (χ1) is 14.6. The summed E-state index contributed by atoms with van der Waals surface area (Å²) in [4.78, 5) is 25.2. The van der Waals surface area contributed by atoms with Crippen molar-refractivity contribution in [3.63, 3.8) is 0 Å². The van der Waals surface area contributed by atoms with Crippen LogP contribution in [0.1, 0.15) is 39.6 Å². The maximum absolute atomic E-state index is 12.9. The summed E-state index contributed by atoms with van der Waals surface area (Å²) in [5, 5.41) is 4.18. The van der Waals surface area contributed by atoms with Crippen molar-refractivity contribution in [3.8, 4) is 0 Å². The van der Waals surface area contributed by atoms with Crippen LogP contribution in [0.4, 0.5) is 5.82 Å². The van der Waals surface area contributed by atoms with E-state index in [2.05, 4.69) is 44.5 Å². The minimum absolute atomic E-state index is 0.0125. The Bertz CT molecular complexity index is 1030. The summed E-state index contributed by atoms with van der Waals surface area (Å²) in [6.45, 7) is 5.96. The summed E-state index contributed by atoms with van der Waals surface area (Å²) in [6.07, 6.45) is 3.06. The topological polar surface area (TPSA) is 67.3 Å². The molecule has 6 nitrogen and oxygen atoms in total. The Kier molecular flexibility index (Phi) is 6.29. The predicted molar refractivity (Wildman–Crippen MR) is 122 cm³/mol. The number of fused-ring (bicyclic) bond motifs is 1. The maximum Gasteiger partial charge on any atom is 0.261 e. The molecule has 0 bridgehead atoms. The molecule has 1 N–H and O–H groups in total. The Morgan fingerprint density at radius 1 is 1.30 bits per heavy atom. The third-order valence-corrected chi connectivity index (χ3v) is 6.77. The second-order valence-corrected chi connectivity index (χ2v) is 8.82. The van der Waals surface area contributed by atoms with Gasteiger partial charge in [-0.25, -0.2) is 9.97 Å². The Morgan fingerprint density at radius 3 is 2.93 bits per heavy atom. The standard InChI is InChI=1S/C23H28N4O2S/c1-15-13-21(26-16(2)25-15)27-11-6-7-17(27)14-19-18-8-4-5-9-20(18)30-22(19)23(28)24-10-12-29-3/h4-5,8-9,13,17H,6-7,10-12,14H2,1-3H3,(H,24,28)/t17-/m1/s1. The number of rotatable bonds is 7. The number of aryl methyl sites for hydroxylation is 2. The fourth-order valence-corrected chi connectivity index (χ4v) is 5.41. The molecule has 1 aliphatic heterocycles. The maximum atomic E-state index is 12.9. The Labute approximate surface area is 181 Å². The van der Waals surface area contributed by atoms with Crippen molar-refractivity contribution in [1.29, 1.82) is 0 Å². The van der Waals surface area contributed by atoms with Crippen molar-refractivity contribution < 1.29 is 9.53 Å². The van der Waals surface area contributed by atoms with Gasteiger partial charge in [0.25, 0.3) is 5.91 Å². The molecule has 0 radical (unpaired) electrons. The molecule has 1 fully saturated rings. The minimum atomic E-state index is -0.0125. The van der Waals surface area contributed by atoms with Gasteiger partial charge in [0.05, 0.1) is 11.5 Å². The first kappa shape index (κ1) is 20.8.